The van der Waals surface area contributed by atoms with Gasteiger partial charge in [-0.05, 0) is 20.3 Å². The zero-order chi connectivity index (χ0) is 15.4. The van der Waals surface area contributed by atoms with Crippen LogP contribution in [0, 0.1) is 0 Å². The first-order valence-corrected chi connectivity index (χ1v) is 7.96. The first-order chi connectivity index (χ1) is 9.55. The molecular formula is C11H21N2O6P. The van der Waals surface area contributed by atoms with E-state index in [1.54, 1.807) is 13.8 Å². The number of nitrogens with zero attached hydrogens (tertiary/aromatic N) is 2. The molecule has 0 rings (SSSR count). The Morgan fingerprint density at radius 3 is 2.15 bits per heavy atom. The smallest absolute Gasteiger partial charge is 0.454 e. The second-order valence-corrected chi connectivity index (χ2v) is 5.44. The maximum Gasteiger partial charge on any atom is 0.484 e. The van der Waals surface area contributed by atoms with E-state index in [4.69, 9.17) is 24.1 Å². The SMILES string of the molecule is CCCOCCOC(=O)C(=[N+]=[N-])P(=O)(OCC)OCC. The van der Waals surface area contributed by atoms with E-state index >= 15 is 0 Å². The summed E-state index contributed by atoms with van der Waals surface area (Å²) in [5.74, 6) is -1.06. The van der Waals surface area contributed by atoms with Crippen LogP contribution >= 0.6 is 7.60 Å². The zero-order valence-electron chi connectivity index (χ0n) is 12.0. The summed E-state index contributed by atoms with van der Waals surface area (Å²) in [5.41, 5.74) is 8.08. The van der Waals surface area contributed by atoms with Crippen LogP contribution in [-0.4, -0.2) is 49.2 Å². The van der Waals surface area contributed by atoms with Crippen LogP contribution in [0.3, 0.4) is 0 Å². The fourth-order valence-electron chi connectivity index (χ4n) is 1.21. The molecule has 0 unspecified atom stereocenters. The highest BCUT2D eigenvalue weighted by atomic mass is 31.2. The van der Waals surface area contributed by atoms with E-state index in [9.17, 15) is 9.36 Å². The molecule has 0 bridgehead atoms. The van der Waals surface area contributed by atoms with Gasteiger partial charge in [0.2, 0.25) is 0 Å². The van der Waals surface area contributed by atoms with Crippen LogP contribution in [0.2, 0.25) is 0 Å². The minimum absolute atomic E-state index is 0.0309. The molecule has 0 N–H and O–H groups in total. The van der Waals surface area contributed by atoms with E-state index in [2.05, 4.69) is 4.79 Å². The van der Waals surface area contributed by atoms with Crippen molar-refractivity contribution in [2.45, 2.75) is 27.2 Å². The monoisotopic (exact) mass is 308 g/mol. The molecule has 0 atom stereocenters. The molecule has 0 saturated heterocycles. The quantitative estimate of drug-likeness (QED) is 0.144. The molecule has 116 valence electrons. The van der Waals surface area contributed by atoms with Crippen LogP contribution in [0.5, 0.6) is 0 Å². The standard InChI is InChI=1S/C11H21N2O6P/c1-4-7-16-8-9-17-11(14)10(13-12)20(15,18-5-2)19-6-3/h4-9H2,1-3H3. The maximum absolute atomic E-state index is 12.3. The third-order valence-corrected chi connectivity index (χ3v) is 3.93. The van der Waals surface area contributed by atoms with E-state index < -0.39 is 19.0 Å². The van der Waals surface area contributed by atoms with Crippen LogP contribution in [0.15, 0.2) is 0 Å². The Labute approximate surface area is 118 Å². The van der Waals surface area contributed by atoms with Crippen molar-refractivity contribution in [2.24, 2.45) is 0 Å². The summed E-state index contributed by atoms with van der Waals surface area (Å²) in [5, 5.41) is 0. The van der Waals surface area contributed by atoms with Crippen LogP contribution in [0.1, 0.15) is 27.2 Å². The highest BCUT2D eigenvalue weighted by Crippen LogP contribution is 2.49. The number of hydrogen-bond donors (Lipinski definition) is 0. The van der Waals surface area contributed by atoms with E-state index in [1.165, 1.54) is 0 Å². The third-order valence-electron chi connectivity index (χ3n) is 1.94. The Bertz CT molecular complexity index is 384. The van der Waals surface area contributed by atoms with Crippen LogP contribution in [0.4, 0.5) is 0 Å². The molecule has 0 heterocycles. The van der Waals surface area contributed by atoms with E-state index in [-0.39, 0.29) is 26.4 Å². The molecule has 0 aliphatic rings. The fourth-order valence-corrected chi connectivity index (χ4v) is 2.61. The van der Waals surface area contributed by atoms with Crippen molar-refractivity contribution in [2.75, 3.05) is 33.0 Å². The molecule has 0 aromatic heterocycles. The summed E-state index contributed by atoms with van der Waals surface area (Å²) < 4.78 is 32.0. The lowest BCUT2D eigenvalue weighted by molar-refractivity contribution is -0.141. The van der Waals surface area contributed by atoms with Gasteiger partial charge in [0.1, 0.15) is 6.61 Å². The molecule has 8 nitrogen and oxygen atoms in total. The van der Waals surface area contributed by atoms with Crippen LogP contribution in [0.25, 0.3) is 5.53 Å². The normalized spacial score (nSPS) is 10.9. The van der Waals surface area contributed by atoms with Gasteiger partial charge in [0.05, 0.1) is 19.8 Å². The van der Waals surface area contributed by atoms with Gasteiger partial charge in [0, 0.05) is 6.61 Å². The molecule has 0 aromatic rings. The van der Waals surface area contributed by atoms with Gasteiger partial charge in [-0.1, -0.05) is 6.92 Å². The summed E-state index contributed by atoms with van der Waals surface area (Å²) in [4.78, 5) is 14.4. The van der Waals surface area contributed by atoms with Gasteiger partial charge in [-0.25, -0.2) is 9.36 Å². The Kier molecular flexibility index (Phi) is 10.2. The Hall–Kier alpha value is -1.04. The summed E-state index contributed by atoms with van der Waals surface area (Å²) in [7, 11) is -3.96. The van der Waals surface area contributed by atoms with Gasteiger partial charge in [0.15, 0.2) is 0 Å². The van der Waals surface area contributed by atoms with Gasteiger partial charge in [-0.3, -0.25) is 0 Å². The van der Waals surface area contributed by atoms with Crippen molar-refractivity contribution >= 4 is 19.0 Å². The second kappa shape index (κ2) is 10.7. The lowest BCUT2D eigenvalue weighted by atomic mass is 10.5. The largest absolute Gasteiger partial charge is 0.484 e. The fraction of sp³-hybridized carbons (Fsp3) is 0.818. The van der Waals surface area contributed by atoms with E-state index in [0.717, 1.165) is 6.42 Å². The summed E-state index contributed by atoms with van der Waals surface area (Å²) in [6, 6.07) is 0. The molecule has 9 heteroatoms. The second-order valence-electron chi connectivity index (χ2n) is 3.50. The highest BCUT2D eigenvalue weighted by Gasteiger charge is 2.47. The number of esters is 1. The van der Waals surface area contributed by atoms with Crippen LogP contribution < -0.4 is 0 Å². The van der Waals surface area contributed by atoms with Crippen molar-refractivity contribution in [3.05, 3.63) is 5.53 Å². The number of carbonyl (C=O) groups is 1. The topological polar surface area (TPSA) is 107 Å². The molecule has 0 aliphatic carbocycles. The van der Waals surface area contributed by atoms with Crippen LogP contribution in [-0.2, 0) is 27.9 Å². The average Bonchev–Trinajstić information content (AvgIpc) is 2.39. The Balaban J connectivity index is 4.60. The lowest BCUT2D eigenvalue weighted by Gasteiger charge is -2.11. The number of rotatable bonds is 11. The molecule has 0 fully saturated rings. The predicted octanol–water partition coefficient (Wildman–Crippen LogP) is 1.85. The maximum atomic E-state index is 12.3. The molecule has 0 spiro atoms. The molecule has 20 heavy (non-hydrogen) atoms. The van der Waals surface area contributed by atoms with E-state index in [0.29, 0.717) is 6.61 Å². The lowest BCUT2D eigenvalue weighted by Crippen LogP contribution is -2.23. The first kappa shape index (κ1) is 19.0. The summed E-state index contributed by atoms with van der Waals surface area (Å²) in [6.07, 6.45) is 0.848. The van der Waals surface area contributed by atoms with E-state index in [1.807, 2.05) is 6.92 Å². The highest BCUT2D eigenvalue weighted by molar-refractivity contribution is 7.74. The minimum Gasteiger partial charge on any atom is -0.454 e. The van der Waals surface area contributed by atoms with Gasteiger partial charge in [0.25, 0.3) is 0 Å². The van der Waals surface area contributed by atoms with Gasteiger partial charge >= 0.3 is 19.0 Å². The molecule has 0 amide bonds. The Morgan fingerprint density at radius 1 is 1.10 bits per heavy atom. The minimum atomic E-state index is -3.96. The zero-order valence-corrected chi connectivity index (χ0v) is 12.9. The third kappa shape index (κ3) is 6.41. The van der Waals surface area contributed by atoms with Crippen molar-refractivity contribution in [1.82, 2.24) is 0 Å². The molecule has 0 aliphatic heterocycles. The Morgan fingerprint density at radius 2 is 1.70 bits per heavy atom. The molecular weight excluding hydrogens is 287 g/mol. The molecule has 0 aromatic carbocycles. The average molecular weight is 308 g/mol. The summed E-state index contributed by atoms with van der Waals surface area (Å²) in [6.45, 7) is 5.86. The number of ether oxygens (including phenoxy) is 2. The van der Waals surface area contributed by atoms with Gasteiger partial charge in [-0.2, -0.15) is 0 Å². The first-order valence-electron chi connectivity index (χ1n) is 6.42. The van der Waals surface area contributed by atoms with Crippen molar-refractivity contribution < 1.29 is 32.7 Å². The van der Waals surface area contributed by atoms with Crippen molar-refractivity contribution in [3.8, 4) is 0 Å². The van der Waals surface area contributed by atoms with Gasteiger partial charge in [-0.15, -0.1) is 4.79 Å². The molecule has 0 saturated carbocycles. The van der Waals surface area contributed by atoms with Gasteiger partial charge < -0.3 is 24.1 Å². The molecule has 0 radical (unpaired) electrons. The van der Waals surface area contributed by atoms with Crippen molar-refractivity contribution in [3.63, 3.8) is 0 Å². The number of carbonyl (C=O) groups excluding carboxylic acids is 1. The number of hydrogen-bond acceptors (Lipinski definition) is 6. The predicted molar refractivity (Wildman–Crippen MR) is 71.6 cm³/mol. The van der Waals surface area contributed by atoms with Crippen molar-refractivity contribution in [1.29, 1.82) is 0 Å². The summed E-state index contributed by atoms with van der Waals surface area (Å²) >= 11 is 0.